The largest absolute Gasteiger partial charge is 0.270 e. The number of rotatable bonds is 3. The Labute approximate surface area is 110 Å². The van der Waals surface area contributed by atoms with Crippen molar-refractivity contribution in [2.24, 2.45) is 7.05 Å². The second-order valence-electron chi connectivity index (χ2n) is 4.25. The van der Waals surface area contributed by atoms with Crippen molar-refractivity contribution in [2.45, 2.75) is 33.7 Å². The Morgan fingerprint density at radius 3 is 2.47 bits per heavy atom. The van der Waals surface area contributed by atoms with Crippen LogP contribution in [0.3, 0.4) is 0 Å². The molecule has 0 fully saturated rings. The van der Waals surface area contributed by atoms with Crippen molar-refractivity contribution in [1.82, 2.24) is 19.6 Å². The molecule has 0 saturated carbocycles. The Balaban J connectivity index is 2.31. The molecule has 92 valence electrons. The second-order valence-corrected chi connectivity index (χ2v) is 5.04. The summed E-state index contributed by atoms with van der Waals surface area (Å²) in [7, 11) is 1.98. The van der Waals surface area contributed by atoms with Crippen LogP contribution in [-0.2, 0) is 20.0 Å². The summed E-state index contributed by atoms with van der Waals surface area (Å²) in [5.41, 5.74) is 4.49. The third-order valence-corrected chi connectivity index (χ3v) is 4.14. The fraction of sp³-hybridized carbons (Fsp3) is 0.500. The number of aromatic nitrogens is 4. The lowest BCUT2D eigenvalue weighted by Gasteiger charge is -2.04. The van der Waals surface area contributed by atoms with Crippen molar-refractivity contribution in [3.63, 3.8) is 0 Å². The van der Waals surface area contributed by atoms with Crippen LogP contribution in [0.2, 0.25) is 0 Å². The van der Waals surface area contributed by atoms with E-state index in [9.17, 15) is 0 Å². The molecule has 0 N–H and O–H groups in total. The van der Waals surface area contributed by atoms with E-state index in [2.05, 4.69) is 46.0 Å². The molecule has 0 amide bonds. The van der Waals surface area contributed by atoms with Crippen molar-refractivity contribution < 1.29 is 0 Å². The van der Waals surface area contributed by atoms with Crippen molar-refractivity contribution in [3.05, 3.63) is 33.3 Å². The van der Waals surface area contributed by atoms with Crippen LogP contribution in [-0.4, -0.2) is 19.6 Å². The summed E-state index contributed by atoms with van der Waals surface area (Å²) in [5.74, 6) is 0. The van der Waals surface area contributed by atoms with Gasteiger partial charge in [-0.3, -0.25) is 9.36 Å². The maximum atomic E-state index is 4.51. The first-order chi connectivity index (χ1) is 8.02. The average Bonchev–Trinajstić information content (AvgIpc) is 2.77. The molecule has 2 aromatic heterocycles. The molecule has 2 aromatic rings. The van der Waals surface area contributed by atoms with Crippen LogP contribution in [0.4, 0.5) is 0 Å². The molecule has 2 heterocycles. The molecule has 0 aromatic carbocycles. The van der Waals surface area contributed by atoms with E-state index in [-0.39, 0.29) is 0 Å². The molecule has 0 saturated heterocycles. The molecule has 0 spiro atoms. The highest BCUT2D eigenvalue weighted by Gasteiger charge is 2.11. The number of nitrogens with zero attached hydrogens (tertiary/aromatic N) is 4. The monoisotopic (exact) mass is 296 g/mol. The van der Waals surface area contributed by atoms with Gasteiger partial charge in [0.25, 0.3) is 0 Å². The zero-order chi connectivity index (χ0) is 12.6. The first-order valence-electron chi connectivity index (χ1n) is 5.74. The van der Waals surface area contributed by atoms with E-state index in [1.165, 1.54) is 5.69 Å². The molecular weight excluding hydrogens is 280 g/mol. The van der Waals surface area contributed by atoms with Crippen molar-refractivity contribution in [3.8, 4) is 0 Å². The number of aryl methyl sites for hydroxylation is 3. The normalized spacial score (nSPS) is 11.1. The van der Waals surface area contributed by atoms with Crippen LogP contribution >= 0.6 is 15.9 Å². The molecule has 0 aliphatic rings. The SMILES string of the molecule is CCc1cc(Cn2nc(C)c(Br)c2C)n(C)n1. The van der Waals surface area contributed by atoms with Gasteiger partial charge in [0, 0.05) is 7.05 Å². The zero-order valence-electron chi connectivity index (χ0n) is 10.7. The van der Waals surface area contributed by atoms with Gasteiger partial charge < -0.3 is 0 Å². The zero-order valence-corrected chi connectivity index (χ0v) is 12.2. The minimum Gasteiger partial charge on any atom is -0.270 e. The van der Waals surface area contributed by atoms with E-state index in [4.69, 9.17) is 0 Å². The Bertz CT molecular complexity index is 539. The molecule has 0 bridgehead atoms. The topological polar surface area (TPSA) is 35.6 Å². The highest BCUT2D eigenvalue weighted by molar-refractivity contribution is 9.10. The van der Waals surface area contributed by atoms with Crippen LogP contribution in [0.25, 0.3) is 0 Å². The van der Waals surface area contributed by atoms with E-state index in [0.29, 0.717) is 0 Å². The van der Waals surface area contributed by atoms with Gasteiger partial charge in [-0.1, -0.05) is 6.92 Å². The van der Waals surface area contributed by atoms with Gasteiger partial charge >= 0.3 is 0 Å². The molecule has 17 heavy (non-hydrogen) atoms. The lowest BCUT2D eigenvalue weighted by atomic mass is 10.3. The Morgan fingerprint density at radius 2 is 2.00 bits per heavy atom. The first-order valence-corrected chi connectivity index (χ1v) is 6.53. The maximum absolute atomic E-state index is 4.51. The van der Waals surface area contributed by atoms with Gasteiger partial charge in [-0.2, -0.15) is 10.2 Å². The average molecular weight is 297 g/mol. The van der Waals surface area contributed by atoms with Gasteiger partial charge in [-0.25, -0.2) is 0 Å². The molecular formula is C12H17BrN4. The van der Waals surface area contributed by atoms with Crippen LogP contribution < -0.4 is 0 Å². The summed E-state index contributed by atoms with van der Waals surface area (Å²) < 4.78 is 5.04. The quantitative estimate of drug-likeness (QED) is 0.873. The van der Waals surface area contributed by atoms with Crippen LogP contribution in [0.1, 0.15) is 29.7 Å². The highest BCUT2D eigenvalue weighted by Crippen LogP contribution is 2.20. The van der Waals surface area contributed by atoms with E-state index >= 15 is 0 Å². The van der Waals surface area contributed by atoms with E-state index in [1.807, 2.05) is 23.3 Å². The molecule has 0 unspecified atom stereocenters. The molecule has 5 heteroatoms. The standard InChI is InChI=1S/C12H17BrN4/c1-5-10-6-11(16(4)15-10)7-17-9(3)12(13)8(2)14-17/h6H,5,7H2,1-4H3. The van der Waals surface area contributed by atoms with Crippen LogP contribution in [0, 0.1) is 13.8 Å². The van der Waals surface area contributed by atoms with Crippen molar-refractivity contribution in [2.75, 3.05) is 0 Å². The van der Waals surface area contributed by atoms with Crippen molar-refractivity contribution in [1.29, 1.82) is 0 Å². The molecule has 2 rings (SSSR count). The predicted molar refractivity (Wildman–Crippen MR) is 71.1 cm³/mol. The Kier molecular flexibility index (Phi) is 3.38. The Morgan fingerprint density at radius 1 is 1.29 bits per heavy atom. The molecule has 4 nitrogen and oxygen atoms in total. The molecule has 0 radical (unpaired) electrons. The van der Waals surface area contributed by atoms with E-state index in [0.717, 1.165) is 34.5 Å². The van der Waals surface area contributed by atoms with Crippen LogP contribution in [0.15, 0.2) is 10.5 Å². The van der Waals surface area contributed by atoms with Gasteiger partial charge in [0.15, 0.2) is 0 Å². The molecule has 0 aliphatic carbocycles. The van der Waals surface area contributed by atoms with Gasteiger partial charge in [-0.05, 0) is 42.3 Å². The van der Waals surface area contributed by atoms with E-state index < -0.39 is 0 Å². The number of halogens is 1. The summed E-state index contributed by atoms with van der Waals surface area (Å²) in [4.78, 5) is 0. The summed E-state index contributed by atoms with van der Waals surface area (Å²) in [6, 6.07) is 2.14. The van der Waals surface area contributed by atoms with Gasteiger partial charge in [-0.15, -0.1) is 0 Å². The minimum atomic E-state index is 0.766. The Hall–Kier alpha value is -1.10. The molecule has 0 atom stereocenters. The maximum Gasteiger partial charge on any atom is 0.0831 e. The van der Waals surface area contributed by atoms with Gasteiger partial charge in [0.2, 0.25) is 0 Å². The predicted octanol–water partition coefficient (Wildman–Crippen LogP) is 2.61. The number of hydrogen-bond acceptors (Lipinski definition) is 2. The fourth-order valence-corrected chi connectivity index (χ4v) is 2.16. The van der Waals surface area contributed by atoms with Gasteiger partial charge in [0.05, 0.1) is 33.8 Å². The highest BCUT2D eigenvalue weighted by atomic mass is 79.9. The third kappa shape index (κ3) is 2.29. The smallest absolute Gasteiger partial charge is 0.0831 e. The summed E-state index contributed by atoms with van der Waals surface area (Å²) in [5, 5.41) is 8.96. The summed E-state index contributed by atoms with van der Waals surface area (Å²) >= 11 is 3.54. The lowest BCUT2D eigenvalue weighted by molar-refractivity contribution is 0.602. The fourth-order valence-electron chi connectivity index (χ4n) is 1.87. The number of hydrogen-bond donors (Lipinski definition) is 0. The molecule has 0 aliphatic heterocycles. The van der Waals surface area contributed by atoms with Gasteiger partial charge in [0.1, 0.15) is 0 Å². The van der Waals surface area contributed by atoms with E-state index in [1.54, 1.807) is 0 Å². The second kappa shape index (κ2) is 4.64. The lowest BCUT2D eigenvalue weighted by Crippen LogP contribution is -2.08. The first kappa shape index (κ1) is 12.4. The van der Waals surface area contributed by atoms with Crippen LogP contribution in [0.5, 0.6) is 0 Å². The minimum absolute atomic E-state index is 0.766. The third-order valence-electron chi connectivity index (χ3n) is 2.99. The summed E-state index contributed by atoms with van der Waals surface area (Å²) in [6.45, 7) is 6.96. The summed E-state index contributed by atoms with van der Waals surface area (Å²) in [6.07, 6.45) is 0.967. The van der Waals surface area contributed by atoms with Crippen molar-refractivity contribution >= 4 is 15.9 Å².